The highest BCUT2D eigenvalue weighted by molar-refractivity contribution is 6.31. The van der Waals surface area contributed by atoms with Gasteiger partial charge < -0.3 is 4.57 Å². The first-order valence-corrected chi connectivity index (χ1v) is 4.71. The average molecular weight is 208 g/mol. The summed E-state index contributed by atoms with van der Waals surface area (Å²) in [6.45, 7) is 0. The highest BCUT2D eigenvalue weighted by Gasteiger charge is 2.04. The van der Waals surface area contributed by atoms with Crippen LogP contribution in [0.25, 0.3) is 0 Å². The predicted octanol–water partition coefficient (Wildman–Crippen LogP) is 2.06. The van der Waals surface area contributed by atoms with Gasteiger partial charge in [-0.05, 0) is 11.6 Å². The molecule has 0 bridgehead atoms. The first kappa shape index (κ1) is 9.21. The first-order valence-electron chi connectivity index (χ1n) is 4.33. The van der Waals surface area contributed by atoms with Gasteiger partial charge in [0.15, 0.2) is 0 Å². The zero-order valence-corrected chi connectivity index (χ0v) is 8.57. The van der Waals surface area contributed by atoms with Crippen LogP contribution in [0.3, 0.4) is 0 Å². The molecule has 1 heterocycles. The lowest BCUT2D eigenvalue weighted by Crippen LogP contribution is -1.98. The van der Waals surface area contributed by atoms with Crippen molar-refractivity contribution in [3.63, 3.8) is 0 Å². The fraction of sp³-hybridized carbons (Fsp3) is 0.200. The maximum absolute atomic E-state index is 6.04. The van der Waals surface area contributed by atoms with E-state index in [1.165, 1.54) is 0 Å². The molecule has 0 fully saturated rings. The van der Waals surface area contributed by atoms with Crippen molar-refractivity contribution in [2.45, 2.75) is 6.42 Å². The molecule has 0 N–H and O–H groups in total. The van der Waals surface area contributed by atoms with Gasteiger partial charge in [-0.15, -0.1) is 10.2 Å². The van der Waals surface area contributed by atoms with Crippen molar-refractivity contribution in [1.82, 2.24) is 14.8 Å². The molecule has 0 radical (unpaired) electrons. The fourth-order valence-electron chi connectivity index (χ4n) is 1.28. The lowest BCUT2D eigenvalue weighted by Gasteiger charge is -2.02. The van der Waals surface area contributed by atoms with Crippen molar-refractivity contribution in [2.24, 2.45) is 7.05 Å². The van der Waals surface area contributed by atoms with Crippen LogP contribution < -0.4 is 0 Å². The van der Waals surface area contributed by atoms with E-state index in [0.717, 1.165) is 22.8 Å². The Hall–Kier alpha value is -1.35. The number of benzene rings is 1. The van der Waals surface area contributed by atoms with E-state index in [0.29, 0.717) is 0 Å². The average Bonchev–Trinajstić information content (AvgIpc) is 2.56. The molecule has 0 aliphatic rings. The highest BCUT2D eigenvalue weighted by atomic mass is 35.5. The molecule has 0 saturated heterocycles. The smallest absolute Gasteiger partial charge is 0.137 e. The quantitative estimate of drug-likeness (QED) is 0.755. The Kier molecular flexibility index (Phi) is 2.50. The minimum Gasteiger partial charge on any atom is -0.320 e. The summed E-state index contributed by atoms with van der Waals surface area (Å²) in [5.74, 6) is 0.915. The molecule has 0 spiro atoms. The number of aromatic nitrogens is 3. The van der Waals surface area contributed by atoms with Crippen molar-refractivity contribution in [1.29, 1.82) is 0 Å². The number of aryl methyl sites for hydroxylation is 1. The second-order valence-corrected chi connectivity index (χ2v) is 3.53. The Morgan fingerprint density at radius 3 is 2.79 bits per heavy atom. The lowest BCUT2D eigenvalue weighted by molar-refractivity contribution is 0.821. The zero-order valence-electron chi connectivity index (χ0n) is 7.81. The molecule has 0 aliphatic heterocycles. The molecule has 1 aromatic heterocycles. The Bertz CT molecular complexity index is 436. The summed E-state index contributed by atoms with van der Waals surface area (Å²) in [6, 6.07) is 7.77. The van der Waals surface area contributed by atoms with Gasteiger partial charge in [0.05, 0.1) is 0 Å². The summed E-state index contributed by atoms with van der Waals surface area (Å²) >= 11 is 6.04. The molecule has 4 heteroatoms. The van der Waals surface area contributed by atoms with Gasteiger partial charge in [0, 0.05) is 18.5 Å². The molecule has 0 unspecified atom stereocenters. The summed E-state index contributed by atoms with van der Waals surface area (Å²) < 4.78 is 1.89. The third-order valence-electron chi connectivity index (χ3n) is 2.11. The van der Waals surface area contributed by atoms with Gasteiger partial charge in [-0.2, -0.15) is 0 Å². The van der Waals surface area contributed by atoms with Gasteiger partial charge >= 0.3 is 0 Å². The molecule has 2 aromatic rings. The second-order valence-electron chi connectivity index (χ2n) is 3.13. The largest absolute Gasteiger partial charge is 0.320 e. The van der Waals surface area contributed by atoms with Crippen molar-refractivity contribution >= 4 is 11.6 Å². The number of hydrogen-bond donors (Lipinski definition) is 0. The van der Waals surface area contributed by atoms with Crippen LogP contribution in [0.1, 0.15) is 11.4 Å². The number of hydrogen-bond acceptors (Lipinski definition) is 2. The molecule has 2 rings (SSSR count). The normalized spacial score (nSPS) is 10.4. The highest BCUT2D eigenvalue weighted by Crippen LogP contribution is 2.17. The van der Waals surface area contributed by atoms with Crippen molar-refractivity contribution < 1.29 is 0 Å². The molecular weight excluding hydrogens is 198 g/mol. The van der Waals surface area contributed by atoms with E-state index in [-0.39, 0.29) is 0 Å². The van der Waals surface area contributed by atoms with Crippen molar-refractivity contribution in [3.8, 4) is 0 Å². The van der Waals surface area contributed by atoms with E-state index < -0.39 is 0 Å². The number of halogens is 1. The van der Waals surface area contributed by atoms with Crippen LogP contribution in [-0.2, 0) is 13.5 Å². The third kappa shape index (κ3) is 1.77. The van der Waals surface area contributed by atoms with Crippen LogP contribution in [0.5, 0.6) is 0 Å². The topological polar surface area (TPSA) is 30.7 Å². The minimum atomic E-state index is 0.718. The van der Waals surface area contributed by atoms with E-state index in [4.69, 9.17) is 11.6 Å². The second kappa shape index (κ2) is 3.80. The van der Waals surface area contributed by atoms with E-state index in [1.54, 1.807) is 6.33 Å². The maximum atomic E-state index is 6.04. The first-order chi connectivity index (χ1) is 6.77. The van der Waals surface area contributed by atoms with E-state index in [1.807, 2.05) is 35.9 Å². The van der Waals surface area contributed by atoms with Gasteiger partial charge in [-0.25, -0.2) is 0 Å². The maximum Gasteiger partial charge on any atom is 0.137 e. The molecule has 14 heavy (non-hydrogen) atoms. The summed E-state index contributed by atoms with van der Waals surface area (Å²) in [4.78, 5) is 0. The van der Waals surface area contributed by atoms with Gasteiger partial charge in [0.25, 0.3) is 0 Å². The van der Waals surface area contributed by atoms with E-state index in [2.05, 4.69) is 10.2 Å². The summed E-state index contributed by atoms with van der Waals surface area (Å²) in [7, 11) is 1.92. The minimum absolute atomic E-state index is 0.718. The molecule has 0 saturated carbocycles. The lowest BCUT2D eigenvalue weighted by atomic mass is 10.1. The zero-order chi connectivity index (χ0) is 9.97. The van der Waals surface area contributed by atoms with Crippen molar-refractivity contribution in [2.75, 3.05) is 0 Å². The van der Waals surface area contributed by atoms with Crippen LogP contribution in [0.2, 0.25) is 5.02 Å². The molecular formula is C10H10ClN3. The van der Waals surface area contributed by atoms with Crippen LogP contribution in [-0.4, -0.2) is 14.8 Å². The van der Waals surface area contributed by atoms with Gasteiger partial charge in [0.2, 0.25) is 0 Å². The monoisotopic (exact) mass is 207 g/mol. The number of nitrogens with zero attached hydrogens (tertiary/aromatic N) is 3. The molecule has 0 atom stereocenters. The standard InChI is InChI=1S/C10H10ClN3/c1-14-7-12-13-10(14)6-8-4-2-3-5-9(8)11/h2-5,7H,6H2,1H3. The Morgan fingerprint density at radius 1 is 1.36 bits per heavy atom. The van der Waals surface area contributed by atoms with Crippen molar-refractivity contribution in [3.05, 3.63) is 47.0 Å². The van der Waals surface area contributed by atoms with E-state index in [9.17, 15) is 0 Å². The Labute approximate surface area is 87.3 Å². The number of rotatable bonds is 2. The van der Waals surface area contributed by atoms with Gasteiger partial charge in [0.1, 0.15) is 12.2 Å². The van der Waals surface area contributed by atoms with E-state index >= 15 is 0 Å². The molecule has 0 amide bonds. The predicted molar refractivity (Wildman–Crippen MR) is 55.3 cm³/mol. The fourth-order valence-corrected chi connectivity index (χ4v) is 1.48. The van der Waals surface area contributed by atoms with Crippen LogP contribution >= 0.6 is 11.6 Å². The molecule has 3 nitrogen and oxygen atoms in total. The summed E-state index contributed by atoms with van der Waals surface area (Å²) in [5.41, 5.74) is 1.07. The van der Waals surface area contributed by atoms with Crippen LogP contribution in [0.15, 0.2) is 30.6 Å². The molecule has 72 valence electrons. The molecule has 0 aliphatic carbocycles. The van der Waals surface area contributed by atoms with Gasteiger partial charge in [-0.3, -0.25) is 0 Å². The van der Waals surface area contributed by atoms with Crippen LogP contribution in [0, 0.1) is 0 Å². The summed E-state index contributed by atoms with van der Waals surface area (Å²) in [6.07, 6.45) is 2.41. The third-order valence-corrected chi connectivity index (χ3v) is 2.48. The SMILES string of the molecule is Cn1cnnc1Cc1ccccc1Cl. The molecule has 1 aromatic carbocycles. The van der Waals surface area contributed by atoms with Crippen LogP contribution in [0.4, 0.5) is 0 Å². The van der Waals surface area contributed by atoms with Gasteiger partial charge in [-0.1, -0.05) is 29.8 Å². The Balaban J connectivity index is 2.28. The Morgan fingerprint density at radius 2 is 2.14 bits per heavy atom. The summed E-state index contributed by atoms with van der Waals surface area (Å²) in [5, 5.41) is 8.60.